The fourth-order valence-corrected chi connectivity index (χ4v) is 2.95. The Morgan fingerprint density at radius 1 is 0.571 bits per heavy atom. The Bertz CT molecular complexity index is 360. The molecule has 0 saturated carbocycles. The van der Waals surface area contributed by atoms with Crippen molar-refractivity contribution < 1.29 is 0 Å². The number of hydrogen-bond donors (Lipinski definition) is 0. The maximum atomic E-state index is 2.36. The van der Waals surface area contributed by atoms with Crippen molar-refractivity contribution in [3.05, 3.63) is 33.4 Å². The van der Waals surface area contributed by atoms with Gasteiger partial charge in [0.15, 0.2) is 0 Å². The van der Waals surface area contributed by atoms with Crippen LogP contribution in [0.25, 0.3) is 0 Å². The van der Waals surface area contributed by atoms with Crippen molar-refractivity contribution in [1.29, 1.82) is 0 Å². The van der Waals surface area contributed by atoms with Crippen molar-refractivity contribution in [3.8, 4) is 0 Å². The van der Waals surface area contributed by atoms with Crippen molar-refractivity contribution in [2.24, 2.45) is 0 Å². The summed E-state index contributed by atoms with van der Waals surface area (Å²) in [5.41, 5.74) is 9.35. The highest BCUT2D eigenvalue weighted by Crippen LogP contribution is 2.50. The Balaban J connectivity index is 2.76. The normalized spacial score (nSPS) is 24.4. The van der Waals surface area contributed by atoms with Crippen molar-refractivity contribution in [3.63, 3.8) is 0 Å². The summed E-state index contributed by atoms with van der Waals surface area (Å²) in [5.74, 6) is 1.53. The van der Waals surface area contributed by atoms with Gasteiger partial charge >= 0.3 is 0 Å². The molecule has 0 heteroatoms. The van der Waals surface area contributed by atoms with Crippen LogP contribution in [-0.4, -0.2) is 0 Å². The summed E-state index contributed by atoms with van der Waals surface area (Å²) in [6, 6.07) is 0. The van der Waals surface area contributed by atoms with E-state index in [0.717, 1.165) is 11.8 Å². The molecule has 1 aromatic carbocycles. The second-order valence-electron chi connectivity index (χ2n) is 4.90. The highest BCUT2D eigenvalue weighted by atomic mass is 14.4. The molecule has 0 aromatic heterocycles. The first-order valence-corrected chi connectivity index (χ1v) is 5.57. The highest BCUT2D eigenvalue weighted by Gasteiger charge is 2.34. The van der Waals surface area contributed by atoms with Crippen molar-refractivity contribution in [2.75, 3.05) is 0 Å². The van der Waals surface area contributed by atoms with Crippen LogP contribution in [0.3, 0.4) is 0 Å². The average Bonchev–Trinajstić information content (AvgIpc) is 2.18. The number of benzene rings is 1. The largest absolute Gasteiger partial charge is 0.0578 e. The van der Waals surface area contributed by atoms with E-state index in [-0.39, 0.29) is 0 Å². The number of rotatable bonds is 0. The van der Waals surface area contributed by atoms with E-state index in [1.54, 1.807) is 11.1 Å². The quantitative estimate of drug-likeness (QED) is 0.574. The van der Waals surface area contributed by atoms with Gasteiger partial charge in [-0.3, -0.25) is 0 Å². The Hall–Kier alpha value is -0.780. The van der Waals surface area contributed by atoms with E-state index in [2.05, 4.69) is 41.5 Å². The molecule has 0 radical (unpaired) electrons. The van der Waals surface area contributed by atoms with Crippen LogP contribution >= 0.6 is 0 Å². The molecule has 14 heavy (non-hydrogen) atoms. The lowest BCUT2D eigenvalue weighted by Crippen LogP contribution is -2.24. The zero-order chi connectivity index (χ0) is 10.6. The van der Waals surface area contributed by atoms with E-state index in [1.165, 1.54) is 22.3 Å². The summed E-state index contributed by atoms with van der Waals surface area (Å²) in [7, 11) is 0. The van der Waals surface area contributed by atoms with Crippen LogP contribution in [0.1, 0.15) is 59.1 Å². The minimum Gasteiger partial charge on any atom is -0.0578 e. The van der Waals surface area contributed by atoms with Crippen LogP contribution in [0.5, 0.6) is 0 Å². The second-order valence-corrected chi connectivity index (χ2v) is 4.90. The molecule has 1 aromatic rings. The van der Waals surface area contributed by atoms with Gasteiger partial charge in [-0.05, 0) is 72.9 Å². The Labute approximate surface area is 87.3 Å². The van der Waals surface area contributed by atoms with Crippen molar-refractivity contribution in [1.82, 2.24) is 0 Å². The third-order valence-electron chi connectivity index (χ3n) is 4.45. The minimum atomic E-state index is 0.767. The maximum absolute atomic E-state index is 2.36. The second kappa shape index (κ2) is 2.85. The van der Waals surface area contributed by atoms with Gasteiger partial charge in [0, 0.05) is 0 Å². The van der Waals surface area contributed by atoms with E-state index in [4.69, 9.17) is 0 Å². The molecule has 0 amide bonds. The fraction of sp³-hybridized carbons (Fsp3) is 0.571. The van der Waals surface area contributed by atoms with E-state index >= 15 is 0 Å². The van der Waals surface area contributed by atoms with Gasteiger partial charge in [-0.15, -0.1) is 0 Å². The first kappa shape index (κ1) is 9.76. The summed E-state index contributed by atoms with van der Waals surface area (Å²) >= 11 is 0. The third kappa shape index (κ3) is 0.945. The molecule has 2 rings (SSSR count). The van der Waals surface area contributed by atoms with E-state index in [9.17, 15) is 0 Å². The smallest absolute Gasteiger partial charge is 0.0118 e. The predicted octanol–water partition coefficient (Wildman–Crippen LogP) is 4.14. The van der Waals surface area contributed by atoms with Crippen LogP contribution in [-0.2, 0) is 0 Å². The highest BCUT2D eigenvalue weighted by molar-refractivity contribution is 5.58. The van der Waals surface area contributed by atoms with Crippen LogP contribution in [0, 0.1) is 27.7 Å². The molecule has 0 bridgehead atoms. The Morgan fingerprint density at radius 2 is 0.857 bits per heavy atom. The number of fused-ring (bicyclic) bond motifs is 1. The van der Waals surface area contributed by atoms with Crippen molar-refractivity contribution >= 4 is 0 Å². The molecule has 2 unspecified atom stereocenters. The predicted molar refractivity (Wildman–Crippen MR) is 62.2 cm³/mol. The fourth-order valence-electron chi connectivity index (χ4n) is 2.95. The lowest BCUT2D eigenvalue weighted by molar-refractivity contribution is 0.532. The Morgan fingerprint density at radius 3 is 1.14 bits per heavy atom. The lowest BCUT2D eigenvalue weighted by atomic mass is 9.65. The van der Waals surface area contributed by atoms with Crippen LogP contribution in [0.4, 0.5) is 0 Å². The summed E-state index contributed by atoms with van der Waals surface area (Å²) in [6.45, 7) is 13.8. The molecule has 1 aliphatic rings. The molecular weight excluding hydrogens is 168 g/mol. The SMILES string of the molecule is Cc1c(C)c(C)c2c(c1C)C(C)C2C. The molecule has 0 aliphatic heterocycles. The van der Waals surface area contributed by atoms with Crippen LogP contribution in [0.2, 0.25) is 0 Å². The van der Waals surface area contributed by atoms with Gasteiger partial charge in [-0.25, -0.2) is 0 Å². The molecule has 0 nitrogen and oxygen atoms in total. The van der Waals surface area contributed by atoms with E-state index < -0.39 is 0 Å². The maximum Gasteiger partial charge on any atom is -0.0118 e. The monoisotopic (exact) mass is 188 g/mol. The van der Waals surface area contributed by atoms with E-state index in [1.807, 2.05) is 0 Å². The van der Waals surface area contributed by atoms with Gasteiger partial charge in [0.1, 0.15) is 0 Å². The van der Waals surface area contributed by atoms with Crippen molar-refractivity contribution in [2.45, 2.75) is 53.4 Å². The molecule has 0 N–H and O–H groups in total. The molecule has 2 atom stereocenters. The molecule has 0 heterocycles. The van der Waals surface area contributed by atoms with Gasteiger partial charge in [-0.2, -0.15) is 0 Å². The first-order chi connectivity index (χ1) is 6.46. The van der Waals surface area contributed by atoms with Crippen LogP contribution < -0.4 is 0 Å². The molecule has 0 saturated heterocycles. The van der Waals surface area contributed by atoms with Crippen LogP contribution in [0.15, 0.2) is 0 Å². The van der Waals surface area contributed by atoms with Gasteiger partial charge in [0.05, 0.1) is 0 Å². The minimum absolute atomic E-state index is 0.767. The van der Waals surface area contributed by atoms with Gasteiger partial charge in [0.2, 0.25) is 0 Å². The standard InChI is InChI=1S/C14H20/c1-7-8(2)10(4)14-12(6)11(5)13(14)9(7)3/h11-12H,1-6H3. The zero-order valence-corrected chi connectivity index (χ0v) is 10.2. The Kier molecular flexibility index (Phi) is 1.99. The van der Waals surface area contributed by atoms with Gasteiger partial charge in [0.25, 0.3) is 0 Å². The zero-order valence-electron chi connectivity index (χ0n) is 10.2. The molecular formula is C14H20. The lowest BCUT2D eigenvalue weighted by Gasteiger charge is -2.40. The summed E-state index contributed by atoms with van der Waals surface area (Å²) in [6.07, 6.45) is 0. The average molecular weight is 188 g/mol. The summed E-state index contributed by atoms with van der Waals surface area (Å²) < 4.78 is 0. The molecule has 0 fully saturated rings. The molecule has 0 spiro atoms. The first-order valence-electron chi connectivity index (χ1n) is 5.57. The molecule has 76 valence electrons. The number of hydrogen-bond acceptors (Lipinski definition) is 0. The van der Waals surface area contributed by atoms with Gasteiger partial charge < -0.3 is 0 Å². The van der Waals surface area contributed by atoms with E-state index in [0.29, 0.717) is 0 Å². The third-order valence-corrected chi connectivity index (χ3v) is 4.45. The summed E-state index contributed by atoms with van der Waals surface area (Å²) in [5, 5.41) is 0. The topological polar surface area (TPSA) is 0 Å². The molecule has 1 aliphatic carbocycles. The van der Waals surface area contributed by atoms with Gasteiger partial charge in [-0.1, -0.05) is 13.8 Å². The summed E-state index contributed by atoms with van der Waals surface area (Å²) in [4.78, 5) is 0.